The van der Waals surface area contributed by atoms with Crippen LogP contribution in [0.25, 0.3) is 0 Å². The summed E-state index contributed by atoms with van der Waals surface area (Å²) < 4.78 is 0. The van der Waals surface area contributed by atoms with Crippen molar-refractivity contribution in [3.05, 3.63) is 30.1 Å². The molecule has 0 aliphatic rings. The summed E-state index contributed by atoms with van der Waals surface area (Å²) in [5.74, 6) is -0.718. The van der Waals surface area contributed by atoms with Crippen molar-refractivity contribution >= 4 is 5.97 Å². The van der Waals surface area contributed by atoms with Gasteiger partial charge in [0.2, 0.25) is 0 Å². The maximum Gasteiger partial charge on any atom is 0.309 e. The van der Waals surface area contributed by atoms with Crippen LogP contribution in [0.2, 0.25) is 0 Å². The highest BCUT2D eigenvalue weighted by Gasteiger charge is 2.26. The van der Waals surface area contributed by atoms with Gasteiger partial charge >= 0.3 is 5.97 Å². The summed E-state index contributed by atoms with van der Waals surface area (Å²) in [6.45, 7) is 8.49. The zero-order chi connectivity index (χ0) is 14.3. The standard InChI is InChI=1S/C15H24N2O2/c1-4-17(12-13-6-9-16-10-7-13)11-5-8-15(2,3)14(18)19/h6-7,9-10H,4-5,8,11-12H2,1-3H3,(H,18,19). The lowest BCUT2D eigenvalue weighted by Crippen LogP contribution is -2.28. The fourth-order valence-corrected chi connectivity index (χ4v) is 1.95. The third kappa shape index (κ3) is 5.39. The number of aliphatic carboxylic acids is 1. The van der Waals surface area contributed by atoms with Crippen LogP contribution < -0.4 is 0 Å². The first-order valence-electron chi connectivity index (χ1n) is 6.80. The molecule has 0 saturated carbocycles. The summed E-state index contributed by atoms with van der Waals surface area (Å²) in [4.78, 5) is 17.4. The number of hydrogen-bond acceptors (Lipinski definition) is 3. The molecular formula is C15H24N2O2. The van der Waals surface area contributed by atoms with Gasteiger partial charge in [-0.15, -0.1) is 0 Å². The van der Waals surface area contributed by atoms with Crippen molar-refractivity contribution in [2.45, 2.75) is 40.2 Å². The van der Waals surface area contributed by atoms with Crippen molar-refractivity contribution in [2.75, 3.05) is 13.1 Å². The van der Waals surface area contributed by atoms with Gasteiger partial charge in [-0.1, -0.05) is 6.92 Å². The van der Waals surface area contributed by atoms with Crippen LogP contribution in [-0.2, 0) is 11.3 Å². The van der Waals surface area contributed by atoms with E-state index in [1.807, 2.05) is 12.1 Å². The van der Waals surface area contributed by atoms with Crippen LogP contribution in [0.15, 0.2) is 24.5 Å². The molecule has 0 atom stereocenters. The number of carboxylic acid groups (broad SMARTS) is 1. The van der Waals surface area contributed by atoms with Gasteiger partial charge in [0.05, 0.1) is 5.41 Å². The fraction of sp³-hybridized carbons (Fsp3) is 0.600. The van der Waals surface area contributed by atoms with E-state index in [1.54, 1.807) is 26.2 Å². The minimum atomic E-state index is -0.718. The van der Waals surface area contributed by atoms with Crippen LogP contribution in [0.1, 0.15) is 39.2 Å². The van der Waals surface area contributed by atoms with Crippen LogP contribution in [-0.4, -0.2) is 34.0 Å². The zero-order valence-electron chi connectivity index (χ0n) is 12.1. The van der Waals surface area contributed by atoms with Crippen LogP contribution in [0, 0.1) is 5.41 Å². The number of hydrogen-bond donors (Lipinski definition) is 1. The molecule has 0 aliphatic carbocycles. The molecule has 0 bridgehead atoms. The molecule has 0 fully saturated rings. The van der Waals surface area contributed by atoms with Crippen LogP contribution in [0.5, 0.6) is 0 Å². The normalized spacial score (nSPS) is 11.8. The smallest absolute Gasteiger partial charge is 0.309 e. The molecule has 1 aromatic rings. The Bertz CT molecular complexity index is 390. The monoisotopic (exact) mass is 264 g/mol. The van der Waals surface area contributed by atoms with Crippen molar-refractivity contribution in [3.63, 3.8) is 0 Å². The fourth-order valence-electron chi connectivity index (χ4n) is 1.95. The molecule has 0 saturated heterocycles. The highest BCUT2D eigenvalue weighted by atomic mass is 16.4. The predicted octanol–water partition coefficient (Wildman–Crippen LogP) is 2.79. The van der Waals surface area contributed by atoms with E-state index in [-0.39, 0.29) is 0 Å². The average Bonchev–Trinajstić information content (AvgIpc) is 2.38. The quantitative estimate of drug-likeness (QED) is 0.784. The third-order valence-corrected chi connectivity index (χ3v) is 3.46. The number of pyridine rings is 1. The van der Waals surface area contributed by atoms with Crippen molar-refractivity contribution in [1.82, 2.24) is 9.88 Å². The number of carboxylic acids is 1. The summed E-state index contributed by atoms with van der Waals surface area (Å²) in [6.07, 6.45) is 5.21. The van der Waals surface area contributed by atoms with Crippen LogP contribution >= 0.6 is 0 Å². The molecule has 0 aromatic carbocycles. The highest BCUT2D eigenvalue weighted by molar-refractivity contribution is 5.73. The van der Waals surface area contributed by atoms with Gasteiger partial charge in [-0.2, -0.15) is 0 Å². The second-order valence-corrected chi connectivity index (χ2v) is 5.52. The molecule has 4 nitrogen and oxygen atoms in total. The summed E-state index contributed by atoms with van der Waals surface area (Å²) in [5.41, 5.74) is 0.616. The molecule has 0 radical (unpaired) electrons. The Kier molecular flexibility index (Phi) is 5.96. The minimum Gasteiger partial charge on any atom is -0.481 e. The van der Waals surface area contributed by atoms with Gasteiger partial charge in [-0.25, -0.2) is 0 Å². The lowest BCUT2D eigenvalue weighted by atomic mass is 9.88. The van der Waals surface area contributed by atoms with E-state index in [0.29, 0.717) is 6.42 Å². The van der Waals surface area contributed by atoms with Crippen molar-refractivity contribution in [3.8, 4) is 0 Å². The Morgan fingerprint density at radius 1 is 1.37 bits per heavy atom. The van der Waals surface area contributed by atoms with Gasteiger partial charge < -0.3 is 5.11 Å². The number of carbonyl (C=O) groups is 1. The van der Waals surface area contributed by atoms with E-state index >= 15 is 0 Å². The number of rotatable bonds is 8. The molecular weight excluding hydrogens is 240 g/mol. The maximum absolute atomic E-state index is 11.0. The van der Waals surface area contributed by atoms with Crippen LogP contribution in [0.3, 0.4) is 0 Å². The third-order valence-electron chi connectivity index (χ3n) is 3.46. The second kappa shape index (κ2) is 7.24. The summed E-state index contributed by atoms with van der Waals surface area (Å²) in [7, 11) is 0. The maximum atomic E-state index is 11.0. The number of aromatic nitrogens is 1. The summed E-state index contributed by atoms with van der Waals surface area (Å²) in [5, 5.41) is 9.08. The Morgan fingerprint density at radius 3 is 2.53 bits per heavy atom. The molecule has 1 rings (SSSR count). The van der Waals surface area contributed by atoms with Gasteiger partial charge in [0, 0.05) is 18.9 Å². The molecule has 1 heterocycles. The molecule has 1 N–H and O–H groups in total. The Hall–Kier alpha value is -1.42. The predicted molar refractivity (Wildman–Crippen MR) is 75.8 cm³/mol. The van der Waals surface area contributed by atoms with Crippen LogP contribution in [0.4, 0.5) is 0 Å². The Morgan fingerprint density at radius 2 is 2.00 bits per heavy atom. The van der Waals surface area contributed by atoms with Gasteiger partial charge in [-0.05, 0) is 57.5 Å². The summed E-state index contributed by atoms with van der Waals surface area (Å²) >= 11 is 0. The second-order valence-electron chi connectivity index (χ2n) is 5.52. The van der Waals surface area contributed by atoms with E-state index in [0.717, 1.165) is 26.1 Å². The van der Waals surface area contributed by atoms with E-state index < -0.39 is 11.4 Å². The Labute approximate surface area is 115 Å². The average molecular weight is 264 g/mol. The van der Waals surface area contributed by atoms with Crippen molar-refractivity contribution in [2.24, 2.45) is 5.41 Å². The SMILES string of the molecule is CCN(CCCC(C)(C)C(=O)O)Cc1ccncc1. The lowest BCUT2D eigenvalue weighted by molar-refractivity contribution is -0.147. The van der Waals surface area contributed by atoms with E-state index in [1.165, 1.54) is 5.56 Å². The van der Waals surface area contributed by atoms with Crippen molar-refractivity contribution in [1.29, 1.82) is 0 Å². The van der Waals surface area contributed by atoms with Gasteiger partial charge in [0.15, 0.2) is 0 Å². The molecule has 19 heavy (non-hydrogen) atoms. The minimum absolute atomic E-state index is 0.629. The molecule has 106 valence electrons. The summed E-state index contributed by atoms with van der Waals surface area (Å²) in [6, 6.07) is 4.04. The molecule has 4 heteroatoms. The van der Waals surface area contributed by atoms with E-state index in [9.17, 15) is 4.79 Å². The largest absolute Gasteiger partial charge is 0.481 e. The molecule has 1 aromatic heterocycles. The molecule has 0 spiro atoms. The van der Waals surface area contributed by atoms with Gasteiger partial charge in [0.25, 0.3) is 0 Å². The van der Waals surface area contributed by atoms with Gasteiger partial charge in [-0.3, -0.25) is 14.7 Å². The Balaban J connectivity index is 2.40. The van der Waals surface area contributed by atoms with E-state index in [4.69, 9.17) is 5.11 Å². The first kappa shape index (κ1) is 15.6. The molecule has 0 amide bonds. The zero-order valence-corrected chi connectivity index (χ0v) is 12.1. The van der Waals surface area contributed by atoms with Gasteiger partial charge in [0.1, 0.15) is 0 Å². The molecule has 0 aliphatic heterocycles. The highest BCUT2D eigenvalue weighted by Crippen LogP contribution is 2.22. The molecule has 0 unspecified atom stereocenters. The topological polar surface area (TPSA) is 53.4 Å². The number of nitrogens with zero attached hydrogens (tertiary/aromatic N) is 2. The first-order valence-corrected chi connectivity index (χ1v) is 6.80. The van der Waals surface area contributed by atoms with Crippen molar-refractivity contribution < 1.29 is 9.90 Å². The lowest BCUT2D eigenvalue weighted by Gasteiger charge is -2.23. The van der Waals surface area contributed by atoms with E-state index in [2.05, 4.69) is 16.8 Å². The first-order chi connectivity index (χ1) is 8.95.